The summed E-state index contributed by atoms with van der Waals surface area (Å²) in [6.45, 7) is 5.21. The van der Waals surface area contributed by atoms with E-state index in [2.05, 4.69) is 10.6 Å². The van der Waals surface area contributed by atoms with Gasteiger partial charge in [0.25, 0.3) is 0 Å². The fourth-order valence-electron chi connectivity index (χ4n) is 2.14. The molecule has 0 radical (unpaired) electrons. The van der Waals surface area contributed by atoms with Gasteiger partial charge in [0.05, 0.1) is 12.5 Å². The van der Waals surface area contributed by atoms with Crippen LogP contribution in [0, 0.1) is 6.92 Å². The van der Waals surface area contributed by atoms with E-state index in [9.17, 15) is 9.59 Å². The molecule has 1 aromatic heterocycles. The van der Waals surface area contributed by atoms with Crippen LogP contribution in [0.2, 0.25) is 0 Å². The lowest BCUT2D eigenvalue weighted by molar-refractivity contribution is -0.121. The van der Waals surface area contributed by atoms with Gasteiger partial charge in [-0.25, -0.2) is 0 Å². The van der Waals surface area contributed by atoms with Gasteiger partial charge in [-0.05, 0) is 43.7 Å². The molecule has 22 heavy (non-hydrogen) atoms. The van der Waals surface area contributed by atoms with Gasteiger partial charge in [-0.1, -0.05) is 12.1 Å². The first-order chi connectivity index (χ1) is 10.4. The number of benzene rings is 1. The van der Waals surface area contributed by atoms with E-state index in [1.54, 1.807) is 12.1 Å². The van der Waals surface area contributed by atoms with Crippen molar-refractivity contribution in [2.45, 2.75) is 33.2 Å². The molecule has 1 atom stereocenters. The molecule has 2 N–H and O–H groups in total. The number of anilines is 1. The van der Waals surface area contributed by atoms with Crippen molar-refractivity contribution in [2.75, 3.05) is 5.32 Å². The number of aryl methyl sites for hydroxylation is 1. The van der Waals surface area contributed by atoms with Gasteiger partial charge in [-0.2, -0.15) is 0 Å². The van der Waals surface area contributed by atoms with E-state index in [0.717, 1.165) is 22.8 Å². The maximum Gasteiger partial charge on any atom is 0.224 e. The van der Waals surface area contributed by atoms with Gasteiger partial charge in [0.15, 0.2) is 0 Å². The third-order valence-electron chi connectivity index (χ3n) is 3.20. The predicted octanol–water partition coefficient (Wildman–Crippen LogP) is 2.97. The Kier molecular flexibility index (Phi) is 4.99. The van der Waals surface area contributed by atoms with E-state index in [4.69, 9.17) is 4.42 Å². The molecule has 0 spiro atoms. The van der Waals surface area contributed by atoms with Gasteiger partial charge in [0.1, 0.15) is 11.5 Å². The highest BCUT2D eigenvalue weighted by atomic mass is 16.3. The second-order valence-electron chi connectivity index (χ2n) is 5.29. The maximum absolute atomic E-state index is 12.0. The van der Waals surface area contributed by atoms with Gasteiger partial charge in [0.2, 0.25) is 11.8 Å². The van der Waals surface area contributed by atoms with Crippen molar-refractivity contribution in [3.63, 3.8) is 0 Å². The summed E-state index contributed by atoms with van der Waals surface area (Å²) in [5, 5.41) is 5.59. The number of nitrogens with one attached hydrogen (secondary N) is 2. The summed E-state index contributed by atoms with van der Waals surface area (Å²) in [7, 11) is 0. The quantitative estimate of drug-likeness (QED) is 0.891. The average molecular weight is 300 g/mol. The minimum atomic E-state index is -0.167. The van der Waals surface area contributed by atoms with Crippen molar-refractivity contribution >= 4 is 17.5 Å². The zero-order chi connectivity index (χ0) is 16.1. The van der Waals surface area contributed by atoms with Crippen LogP contribution in [0.3, 0.4) is 0 Å². The largest absolute Gasteiger partial charge is 0.464 e. The number of hydrogen-bond acceptors (Lipinski definition) is 3. The molecule has 0 aliphatic heterocycles. The molecule has 116 valence electrons. The SMILES string of the molecule is CC(=O)Nc1ccc(CC(=O)NC(C)c2ccc(C)o2)cc1. The molecule has 0 aliphatic rings. The van der Waals surface area contributed by atoms with E-state index in [0.29, 0.717) is 0 Å². The maximum atomic E-state index is 12.0. The monoisotopic (exact) mass is 300 g/mol. The van der Waals surface area contributed by atoms with E-state index in [1.807, 2.05) is 38.1 Å². The van der Waals surface area contributed by atoms with E-state index in [1.165, 1.54) is 6.92 Å². The summed E-state index contributed by atoms with van der Waals surface area (Å²) >= 11 is 0. The van der Waals surface area contributed by atoms with Gasteiger partial charge in [0, 0.05) is 12.6 Å². The highest BCUT2D eigenvalue weighted by Crippen LogP contribution is 2.16. The summed E-state index contributed by atoms with van der Waals surface area (Å²) in [4.78, 5) is 23.0. The summed E-state index contributed by atoms with van der Waals surface area (Å²) in [6.07, 6.45) is 0.282. The summed E-state index contributed by atoms with van der Waals surface area (Å²) in [5.74, 6) is 1.37. The molecular weight excluding hydrogens is 280 g/mol. The molecule has 5 heteroatoms. The van der Waals surface area contributed by atoms with Crippen LogP contribution in [0.5, 0.6) is 0 Å². The third kappa shape index (κ3) is 4.48. The highest BCUT2D eigenvalue weighted by molar-refractivity contribution is 5.88. The predicted molar refractivity (Wildman–Crippen MR) is 84.5 cm³/mol. The molecule has 1 heterocycles. The van der Waals surface area contributed by atoms with Crippen LogP contribution in [-0.2, 0) is 16.0 Å². The van der Waals surface area contributed by atoms with Crippen LogP contribution in [0.25, 0.3) is 0 Å². The van der Waals surface area contributed by atoms with Crippen LogP contribution >= 0.6 is 0 Å². The Balaban J connectivity index is 1.90. The van der Waals surface area contributed by atoms with Crippen LogP contribution in [0.15, 0.2) is 40.8 Å². The number of amides is 2. The second-order valence-corrected chi connectivity index (χ2v) is 5.29. The summed E-state index contributed by atoms with van der Waals surface area (Å²) in [6, 6.07) is 10.8. The Bertz CT molecular complexity index is 659. The molecule has 0 bridgehead atoms. The minimum absolute atomic E-state index is 0.0752. The number of carbonyl (C=O) groups excluding carboxylic acids is 2. The van der Waals surface area contributed by atoms with Crippen molar-refractivity contribution in [3.8, 4) is 0 Å². The molecule has 0 saturated heterocycles. The zero-order valence-corrected chi connectivity index (χ0v) is 13.0. The van der Waals surface area contributed by atoms with Gasteiger partial charge < -0.3 is 15.1 Å². The average Bonchev–Trinajstić information content (AvgIpc) is 2.87. The van der Waals surface area contributed by atoms with Crippen molar-refractivity contribution in [1.29, 1.82) is 0 Å². The first kappa shape index (κ1) is 15.8. The Hall–Kier alpha value is -2.56. The van der Waals surface area contributed by atoms with Crippen LogP contribution in [0.4, 0.5) is 5.69 Å². The molecule has 0 fully saturated rings. The van der Waals surface area contributed by atoms with E-state index >= 15 is 0 Å². The standard InChI is InChI=1S/C17H20N2O3/c1-11-4-9-16(22-11)12(2)18-17(21)10-14-5-7-15(8-6-14)19-13(3)20/h4-9,12H,10H2,1-3H3,(H,18,21)(H,19,20). The van der Waals surface area contributed by atoms with Crippen LogP contribution in [-0.4, -0.2) is 11.8 Å². The molecule has 1 unspecified atom stereocenters. The van der Waals surface area contributed by atoms with Crippen LogP contribution < -0.4 is 10.6 Å². The molecule has 2 aromatic rings. The van der Waals surface area contributed by atoms with Crippen molar-refractivity contribution in [1.82, 2.24) is 5.32 Å². The van der Waals surface area contributed by atoms with E-state index in [-0.39, 0.29) is 24.3 Å². The molecule has 2 amide bonds. The summed E-state index contributed by atoms with van der Waals surface area (Å²) in [5.41, 5.74) is 1.60. The summed E-state index contributed by atoms with van der Waals surface area (Å²) < 4.78 is 5.49. The molecule has 1 aromatic carbocycles. The van der Waals surface area contributed by atoms with Gasteiger partial charge in [-0.3, -0.25) is 9.59 Å². The number of carbonyl (C=O) groups is 2. The number of furan rings is 1. The Morgan fingerprint density at radius 2 is 1.82 bits per heavy atom. The number of rotatable bonds is 5. The zero-order valence-electron chi connectivity index (χ0n) is 13.0. The lowest BCUT2D eigenvalue weighted by Crippen LogP contribution is -2.27. The number of hydrogen-bond donors (Lipinski definition) is 2. The topological polar surface area (TPSA) is 71.3 Å². The Morgan fingerprint density at radius 1 is 1.14 bits per heavy atom. The fraction of sp³-hybridized carbons (Fsp3) is 0.294. The third-order valence-corrected chi connectivity index (χ3v) is 3.20. The molecule has 5 nitrogen and oxygen atoms in total. The highest BCUT2D eigenvalue weighted by Gasteiger charge is 2.13. The lowest BCUT2D eigenvalue weighted by Gasteiger charge is -2.11. The Labute approximate surface area is 129 Å². The first-order valence-electron chi connectivity index (χ1n) is 7.16. The minimum Gasteiger partial charge on any atom is -0.464 e. The fourth-order valence-corrected chi connectivity index (χ4v) is 2.14. The molecule has 0 saturated carbocycles. The van der Waals surface area contributed by atoms with Crippen molar-refractivity contribution in [3.05, 3.63) is 53.5 Å². The smallest absolute Gasteiger partial charge is 0.224 e. The molecular formula is C17H20N2O3. The first-order valence-corrected chi connectivity index (χ1v) is 7.16. The molecule has 2 rings (SSSR count). The van der Waals surface area contributed by atoms with Gasteiger partial charge >= 0.3 is 0 Å². The second kappa shape index (κ2) is 6.93. The molecule has 0 aliphatic carbocycles. The lowest BCUT2D eigenvalue weighted by atomic mass is 10.1. The van der Waals surface area contributed by atoms with E-state index < -0.39 is 0 Å². The van der Waals surface area contributed by atoms with Crippen molar-refractivity contribution < 1.29 is 14.0 Å². The van der Waals surface area contributed by atoms with Crippen molar-refractivity contribution in [2.24, 2.45) is 0 Å². The van der Waals surface area contributed by atoms with Gasteiger partial charge in [-0.15, -0.1) is 0 Å². The van der Waals surface area contributed by atoms with Crippen LogP contribution in [0.1, 0.15) is 37.0 Å². The Morgan fingerprint density at radius 3 is 2.36 bits per heavy atom. The normalized spacial score (nSPS) is 11.8.